The molecule has 3 saturated heterocycles. The van der Waals surface area contributed by atoms with Gasteiger partial charge in [0.15, 0.2) is 17.3 Å². The molecule has 3 aliphatic heterocycles. The van der Waals surface area contributed by atoms with Crippen LogP contribution in [0.3, 0.4) is 0 Å². The van der Waals surface area contributed by atoms with Gasteiger partial charge in [0.05, 0.1) is 5.70 Å². The van der Waals surface area contributed by atoms with Crippen LogP contribution >= 0.6 is 20.4 Å². The van der Waals surface area contributed by atoms with Gasteiger partial charge >= 0.3 is 33.0 Å². The van der Waals surface area contributed by atoms with Crippen LogP contribution in [0.4, 0.5) is 0 Å². The fourth-order valence-electron chi connectivity index (χ4n) is 2.70. The summed E-state index contributed by atoms with van der Waals surface area (Å²) in [7, 11) is 9.40. The molecule has 4 nitrogen and oxygen atoms in total. The van der Waals surface area contributed by atoms with Crippen LogP contribution in [0.25, 0.3) is 0 Å². The summed E-state index contributed by atoms with van der Waals surface area (Å²) in [6.07, 6.45) is 7.20. The summed E-state index contributed by atoms with van der Waals surface area (Å²) < 4.78 is 0. The van der Waals surface area contributed by atoms with Crippen molar-refractivity contribution in [2.75, 3.05) is 13.1 Å². The van der Waals surface area contributed by atoms with E-state index in [0.29, 0.717) is 23.9 Å². The molecule has 3 heterocycles. The van der Waals surface area contributed by atoms with Gasteiger partial charge in [-0.05, 0) is 37.1 Å². The molecule has 0 atom stereocenters. The molecule has 2 bridgehead atoms. The average molecular weight is 373 g/mol. The van der Waals surface area contributed by atoms with Gasteiger partial charge in [0.2, 0.25) is 0 Å². The van der Waals surface area contributed by atoms with Crippen LogP contribution in [0.1, 0.15) is 12.8 Å². The molecule has 0 radical (unpaired) electrons. The third-order valence-electron chi connectivity index (χ3n) is 3.73. The van der Waals surface area contributed by atoms with Crippen LogP contribution < -0.4 is 0 Å². The molecule has 0 amide bonds. The Bertz CT molecular complexity index is 561. The van der Waals surface area contributed by atoms with Crippen molar-refractivity contribution < 1.29 is 27.0 Å². The normalized spacial score (nSPS) is 23.5. The predicted molar refractivity (Wildman–Crippen MR) is 76.3 cm³/mol. The molecule has 4 rings (SSSR count). The minimum absolute atomic E-state index is 0.104. The molecule has 0 N–H and O–H groups in total. The number of allylic oxidation sites excluding steroid dienone is 6. The van der Waals surface area contributed by atoms with Gasteiger partial charge in [-0.15, -0.1) is 0 Å². The Hall–Kier alpha value is -0.896. The second-order valence-corrected chi connectivity index (χ2v) is 6.53. The van der Waals surface area contributed by atoms with Gasteiger partial charge in [-0.3, -0.25) is 14.4 Å². The Morgan fingerprint density at radius 2 is 1.76 bits per heavy atom. The van der Waals surface area contributed by atoms with Crippen LogP contribution in [0.5, 0.6) is 0 Å². The summed E-state index contributed by atoms with van der Waals surface area (Å²) in [6, 6.07) is 0. The van der Waals surface area contributed by atoms with E-state index in [4.69, 9.17) is 20.4 Å². The first-order valence-corrected chi connectivity index (χ1v) is 9.10. The molecular formula is C14H13Cl2NNiO3. The van der Waals surface area contributed by atoms with Gasteiger partial charge in [0, 0.05) is 24.6 Å². The van der Waals surface area contributed by atoms with E-state index in [1.54, 1.807) is 6.08 Å². The van der Waals surface area contributed by atoms with Crippen LogP contribution in [0.2, 0.25) is 0 Å². The van der Waals surface area contributed by atoms with Crippen molar-refractivity contribution in [3.63, 3.8) is 0 Å². The molecule has 0 spiro atoms. The first-order valence-electron chi connectivity index (χ1n) is 6.38. The topological polar surface area (TPSA) is 54.5 Å². The van der Waals surface area contributed by atoms with Crippen molar-refractivity contribution in [2.45, 2.75) is 12.8 Å². The zero-order valence-electron chi connectivity index (χ0n) is 11.0. The van der Waals surface area contributed by atoms with Gasteiger partial charge in [0.25, 0.3) is 0 Å². The molecule has 3 fully saturated rings. The number of piperidine rings is 3. The predicted octanol–water partition coefficient (Wildman–Crippen LogP) is 2.18. The Kier molecular flexibility index (Phi) is 5.80. The SMILES string of the molecule is O=C1C=CC(=O)C(C=C2C(=O)C3CCN2CC3)=C1.[Cl][Ni][Cl]. The van der Waals surface area contributed by atoms with E-state index in [1.165, 1.54) is 18.2 Å². The van der Waals surface area contributed by atoms with E-state index >= 15 is 0 Å². The van der Waals surface area contributed by atoms with Gasteiger partial charge in [-0.1, -0.05) is 0 Å². The molecule has 0 saturated carbocycles. The Morgan fingerprint density at radius 1 is 1.14 bits per heavy atom. The van der Waals surface area contributed by atoms with Crippen LogP contribution in [-0.2, 0) is 27.0 Å². The van der Waals surface area contributed by atoms with E-state index in [-0.39, 0.29) is 23.3 Å². The first kappa shape index (κ1) is 16.5. The number of nitrogens with zero attached hydrogens (tertiary/aromatic N) is 1. The van der Waals surface area contributed by atoms with E-state index in [2.05, 4.69) is 0 Å². The molecule has 21 heavy (non-hydrogen) atoms. The van der Waals surface area contributed by atoms with Crippen molar-refractivity contribution in [2.24, 2.45) is 5.92 Å². The molecule has 0 unspecified atom stereocenters. The molecule has 0 aromatic rings. The number of fused-ring (bicyclic) bond motifs is 3. The molecule has 0 aromatic carbocycles. The fraction of sp³-hybridized carbons (Fsp3) is 0.357. The number of ketones is 3. The van der Waals surface area contributed by atoms with E-state index in [9.17, 15) is 14.4 Å². The van der Waals surface area contributed by atoms with Gasteiger partial charge in [-0.2, -0.15) is 0 Å². The standard InChI is InChI=1S/C14H13NO3.2ClH.Ni/c16-11-1-2-13(17)10(7-11)8-12-14(18)9-3-5-15(12)6-4-9;;;/h1-2,7-9H,3-6H2;2*1H;/q;;;+2/p-2. The summed E-state index contributed by atoms with van der Waals surface area (Å²) in [5.41, 5.74) is 0.915. The number of hydrogen-bond acceptors (Lipinski definition) is 4. The van der Waals surface area contributed by atoms with Crippen molar-refractivity contribution in [3.8, 4) is 0 Å². The number of rotatable bonds is 1. The number of carbonyl (C=O) groups is 3. The zero-order chi connectivity index (χ0) is 15.4. The van der Waals surface area contributed by atoms with E-state index in [0.717, 1.165) is 25.9 Å². The quantitative estimate of drug-likeness (QED) is 0.402. The number of halogens is 2. The summed E-state index contributed by atoms with van der Waals surface area (Å²) in [4.78, 5) is 37.0. The summed E-state index contributed by atoms with van der Waals surface area (Å²) >= 11 is 0.569. The summed E-state index contributed by atoms with van der Waals surface area (Å²) in [6.45, 7) is 1.74. The van der Waals surface area contributed by atoms with Crippen LogP contribution in [0.15, 0.2) is 35.6 Å². The van der Waals surface area contributed by atoms with E-state index in [1.807, 2.05) is 4.90 Å². The van der Waals surface area contributed by atoms with Crippen LogP contribution in [-0.4, -0.2) is 35.3 Å². The van der Waals surface area contributed by atoms with Gasteiger partial charge in [0.1, 0.15) is 0 Å². The molecule has 1 aliphatic carbocycles. The molecular weight excluding hydrogens is 360 g/mol. The van der Waals surface area contributed by atoms with Crippen molar-refractivity contribution >= 4 is 37.7 Å². The maximum absolute atomic E-state index is 12.1. The summed E-state index contributed by atoms with van der Waals surface area (Å²) in [5, 5.41) is 0. The number of carbonyl (C=O) groups excluding carboxylic acids is 3. The average Bonchev–Trinajstić information content (AvgIpc) is 2.48. The minimum atomic E-state index is -0.211. The van der Waals surface area contributed by atoms with Crippen molar-refractivity contribution in [1.29, 1.82) is 0 Å². The summed E-state index contributed by atoms with van der Waals surface area (Å²) in [5.74, 6) is -0.197. The van der Waals surface area contributed by atoms with Crippen molar-refractivity contribution in [3.05, 3.63) is 35.6 Å². The zero-order valence-corrected chi connectivity index (χ0v) is 13.5. The third-order valence-corrected chi connectivity index (χ3v) is 3.73. The van der Waals surface area contributed by atoms with Crippen LogP contribution in [0, 0.1) is 5.92 Å². The first-order chi connectivity index (χ1) is 10.1. The molecule has 4 aliphatic rings. The number of Topliss-reactive ketones (excluding diaryl/α,β-unsaturated/α-hetero) is 1. The third kappa shape index (κ3) is 3.85. The van der Waals surface area contributed by atoms with E-state index < -0.39 is 0 Å². The Morgan fingerprint density at radius 3 is 2.33 bits per heavy atom. The second kappa shape index (κ2) is 7.39. The van der Waals surface area contributed by atoms with Crippen molar-refractivity contribution in [1.82, 2.24) is 4.90 Å². The fourth-order valence-corrected chi connectivity index (χ4v) is 2.70. The number of hydrogen-bond donors (Lipinski definition) is 0. The Balaban J connectivity index is 0.000000497. The monoisotopic (exact) mass is 371 g/mol. The second-order valence-electron chi connectivity index (χ2n) is 4.90. The Labute approximate surface area is 137 Å². The molecule has 0 aromatic heterocycles. The molecule has 7 heteroatoms. The maximum atomic E-state index is 12.1. The van der Waals surface area contributed by atoms with Gasteiger partial charge < -0.3 is 4.90 Å². The molecule has 116 valence electrons. The van der Waals surface area contributed by atoms with Gasteiger partial charge in [-0.25, -0.2) is 0 Å².